The molecule has 16 heavy (non-hydrogen) atoms. The van der Waals surface area contributed by atoms with E-state index in [-0.39, 0.29) is 0 Å². The average molecular weight is 283 g/mol. The number of rotatable bonds is 3. The van der Waals surface area contributed by atoms with E-state index < -0.39 is 0 Å². The molecular formula is C11H15BrN4. The molecule has 0 aromatic carbocycles. The molecule has 1 atom stereocenters. The summed E-state index contributed by atoms with van der Waals surface area (Å²) in [5.74, 6) is 0.742. The second-order valence-electron chi connectivity index (χ2n) is 4.58. The molecule has 1 unspecified atom stereocenters. The summed E-state index contributed by atoms with van der Waals surface area (Å²) in [6.07, 6.45) is 7.55. The first-order valence-corrected chi connectivity index (χ1v) is 6.59. The van der Waals surface area contributed by atoms with Crippen molar-refractivity contribution < 1.29 is 0 Å². The summed E-state index contributed by atoms with van der Waals surface area (Å²) in [5.41, 5.74) is 0. The monoisotopic (exact) mass is 282 g/mol. The summed E-state index contributed by atoms with van der Waals surface area (Å²) in [6, 6.07) is 1.39. The fraction of sp³-hybridized carbons (Fsp3) is 0.636. The van der Waals surface area contributed by atoms with Crippen LogP contribution in [0.3, 0.4) is 0 Å². The Hall–Kier alpha value is -0.680. The molecule has 2 aliphatic rings. The van der Waals surface area contributed by atoms with Gasteiger partial charge in [0.15, 0.2) is 0 Å². The van der Waals surface area contributed by atoms with Crippen LogP contribution < -0.4 is 5.32 Å². The Morgan fingerprint density at radius 3 is 2.69 bits per heavy atom. The molecule has 1 aromatic heterocycles. The Kier molecular flexibility index (Phi) is 2.81. The quantitative estimate of drug-likeness (QED) is 0.919. The molecule has 1 aromatic rings. The Labute approximate surface area is 104 Å². The first-order chi connectivity index (χ1) is 7.81. The maximum atomic E-state index is 4.24. The molecule has 1 saturated heterocycles. The van der Waals surface area contributed by atoms with E-state index >= 15 is 0 Å². The van der Waals surface area contributed by atoms with Gasteiger partial charge in [-0.15, -0.1) is 0 Å². The number of hydrogen-bond donors (Lipinski definition) is 1. The van der Waals surface area contributed by atoms with Gasteiger partial charge in [-0.1, -0.05) is 0 Å². The number of likely N-dealkylation sites (tertiary alicyclic amines) is 1. The molecule has 0 amide bonds. The van der Waals surface area contributed by atoms with Gasteiger partial charge >= 0.3 is 0 Å². The fourth-order valence-corrected chi connectivity index (χ4v) is 2.45. The third-order valence-electron chi connectivity index (χ3n) is 3.24. The molecule has 2 fully saturated rings. The Morgan fingerprint density at radius 1 is 1.25 bits per heavy atom. The molecule has 86 valence electrons. The number of anilines is 1. The maximum absolute atomic E-state index is 4.24. The number of nitrogens with one attached hydrogen (secondary N) is 1. The summed E-state index contributed by atoms with van der Waals surface area (Å²) < 4.78 is 0.920. The lowest BCUT2D eigenvalue weighted by Gasteiger charge is -2.15. The summed E-state index contributed by atoms with van der Waals surface area (Å²) in [5, 5.41) is 3.40. The Morgan fingerprint density at radius 2 is 2.00 bits per heavy atom. The van der Waals surface area contributed by atoms with Crippen LogP contribution in [0, 0.1) is 0 Å². The topological polar surface area (TPSA) is 41.1 Å². The van der Waals surface area contributed by atoms with Gasteiger partial charge in [0.1, 0.15) is 0 Å². The van der Waals surface area contributed by atoms with Crippen molar-refractivity contribution >= 4 is 21.9 Å². The van der Waals surface area contributed by atoms with Crippen molar-refractivity contribution in [3.63, 3.8) is 0 Å². The molecule has 5 heteroatoms. The zero-order valence-electron chi connectivity index (χ0n) is 9.06. The molecule has 1 aliphatic carbocycles. The Bertz CT molecular complexity index is 363. The second kappa shape index (κ2) is 4.30. The predicted molar refractivity (Wildman–Crippen MR) is 66.4 cm³/mol. The molecule has 2 heterocycles. The highest BCUT2D eigenvalue weighted by atomic mass is 79.9. The molecule has 0 spiro atoms. The van der Waals surface area contributed by atoms with Gasteiger partial charge in [-0.05, 0) is 35.2 Å². The normalized spacial score (nSPS) is 25.9. The predicted octanol–water partition coefficient (Wildman–Crippen LogP) is 1.89. The highest BCUT2D eigenvalue weighted by Gasteiger charge is 2.34. The van der Waals surface area contributed by atoms with Crippen molar-refractivity contribution in [3.05, 3.63) is 16.9 Å². The first-order valence-electron chi connectivity index (χ1n) is 5.79. The zero-order chi connectivity index (χ0) is 11.0. The number of halogens is 1. The molecule has 1 saturated carbocycles. The summed E-state index contributed by atoms with van der Waals surface area (Å²) in [7, 11) is 0. The molecule has 1 aliphatic heterocycles. The van der Waals surface area contributed by atoms with Crippen molar-refractivity contribution in [2.75, 3.05) is 18.4 Å². The van der Waals surface area contributed by atoms with Gasteiger partial charge in [0, 0.05) is 37.6 Å². The standard InChI is InChI=1S/C11H15BrN4/c12-8-5-13-11(14-6-8)15-9-3-4-16(7-9)10-1-2-10/h5-6,9-10H,1-4,7H2,(H,13,14,15). The Balaban J connectivity index is 1.57. The van der Waals surface area contributed by atoms with Crippen LogP contribution in [0.4, 0.5) is 5.95 Å². The molecule has 0 radical (unpaired) electrons. The van der Waals surface area contributed by atoms with E-state index in [1.165, 1.54) is 25.8 Å². The van der Waals surface area contributed by atoms with E-state index in [1.807, 2.05) is 0 Å². The fourth-order valence-electron chi connectivity index (χ4n) is 2.25. The van der Waals surface area contributed by atoms with E-state index in [1.54, 1.807) is 12.4 Å². The van der Waals surface area contributed by atoms with Crippen molar-refractivity contribution in [1.82, 2.24) is 14.9 Å². The minimum Gasteiger partial charge on any atom is -0.350 e. The molecule has 1 N–H and O–H groups in total. The van der Waals surface area contributed by atoms with Gasteiger partial charge in [0.25, 0.3) is 0 Å². The van der Waals surface area contributed by atoms with Crippen molar-refractivity contribution in [2.45, 2.75) is 31.3 Å². The van der Waals surface area contributed by atoms with Crippen molar-refractivity contribution in [1.29, 1.82) is 0 Å². The summed E-state index contributed by atoms with van der Waals surface area (Å²) in [6.45, 7) is 2.36. The smallest absolute Gasteiger partial charge is 0.222 e. The van der Waals surface area contributed by atoms with Gasteiger partial charge in [-0.2, -0.15) is 0 Å². The van der Waals surface area contributed by atoms with Gasteiger partial charge in [-0.25, -0.2) is 9.97 Å². The van der Waals surface area contributed by atoms with Crippen LogP contribution in [-0.2, 0) is 0 Å². The van der Waals surface area contributed by atoms with E-state index in [2.05, 4.69) is 36.1 Å². The SMILES string of the molecule is Brc1cnc(NC2CCN(C3CC3)C2)nc1. The third kappa shape index (κ3) is 2.35. The number of aromatic nitrogens is 2. The van der Waals surface area contributed by atoms with E-state index in [9.17, 15) is 0 Å². The van der Waals surface area contributed by atoms with Crippen LogP contribution in [-0.4, -0.2) is 40.0 Å². The van der Waals surface area contributed by atoms with Gasteiger partial charge < -0.3 is 5.32 Å². The number of nitrogens with zero attached hydrogens (tertiary/aromatic N) is 3. The lowest BCUT2D eigenvalue weighted by Crippen LogP contribution is -2.28. The van der Waals surface area contributed by atoms with Crippen LogP contribution >= 0.6 is 15.9 Å². The van der Waals surface area contributed by atoms with E-state index in [0.717, 1.165) is 23.0 Å². The molecule has 3 rings (SSSR count). The minimum absolute atomic E-state index is 0.516. The molecule has 0 bridgehead atoms. The van der Waals surface area contributed by atoms with Gasteiger partial charge in [0.05, 0.1) is 4.47 Å². The minimum atomic E-state index is 0.516. The summed E-state index contributed by atoms with van der Waals surface area (Å²) in [4.78, 5) is 11.1. The molecular weight excluding hydrogens is 268 g/mol. The van der Waals surface area contributed by atoms with Crippen LogP contribution in [0.2, 0.25) is 0 Å². The lowest BCUT2D eigenvalue weighted by molar-refractivity contribution is 0.326. The average Bonchev–Trinajstić information content (AvgIpc) is 3.04. The van der Waals surface area contributed by atoms with Crippen LogP contribution in [0.5, 0.6) is 0 Å². The largest absolute Gasteiger partial charge is 0.350 e. The van der Waals surface area contributed by atoms with Crippen molar-refractivity contribution in [2.24, 2.45) is 0 Å². The van der Waals surface area contributed by atoms with Crippen molar-refractivity contribution in [3.8, 4) is 0 Å². The second-order valence-corrected chi connectivity index (χ2v) is 5.50. The lowest BCUT2D eigenvalue weighted by atomic mass is 10.3. The maximum Gasteiger partial charge on any atom is 0.222 e. The van der Waals surface area contributed by atoms with Crippen LogP contribution in [0.25, 0.3) is 0 Å². The highest BCUT2D eigenvalue weighted by Crippen LogP contribution is 2.30. The van der Waals surface area contributed by atoms with E-state index in [4.69, 9.17) is 0 Å². The number of hydrogen-bond acceptors (Lipinski definition) is 4. The zero-order valence-corrected chi connectivity index (χ0v) is 10.7. The molecule has 4 nitrogen and oxygen atoms in total. The summed E-state index contributed by atoms with van der Waals surface area (Å²) >= 11 is 3.33. The first kappa shape index (κ1) is 10.5. The van der Waals surface area contributed by atoms with Gasteiger partial charge in [0.2, 0.25) is 5.95 Å². The van der Waals surface area contributed by atoms with Gasteiger partial charge in [-0.3, -0.25) is 4.90 Å². The highest BCUT2D eigenvalue weighted by molar-refractivity contribution is 9.10. The van der Waals surface area contributed by atoms with Crippen LogP contribution in [0.15, 0.2) is 16.9 Å². The van der Waals surface area contributed by atoms with E-state index in [0.29, 0.717) is 6.04 Å². The third-order valence-corrected chi connectivity index (χ3v) is 3.65. The van der Waals surface area contributed by atoms with Crippen LogP contribution in [0.1, 0.15) is 19.3 Å².